The molecule has 0 aliphatic carbocycles. The van der Waals surface area contributed by atoms with Crippen LogP contribution in [0, 0.1) is 0 Å². The molecule has 2 aromatic rings. The predicted molar refractivity (Wildman–Crippen MR) is 71.8 cm³/mol. The van der Waals surface area contributed by atoms with Crippen LogP contribution in [0.4, 0.5) is 0 Å². The van der Waals surface area contributed by atoms with Crippen molar-refractivity contribution in [3.8, 4) is 28.9 Å². The third kappa shape index (κ3) is 3.02. The average Bonchev–Trinajstić information content (AvgIpc) is 2.94. The molecule has 21 heavy (non-hydrogen) atoms. The summed E-state index contributed by atoms with van der Waals surface area (Å²) in [5.41, 5.74) is 0. The van der Waals surface area contributed by atoms with Crippen molar-refractivity contribution >= 4 is 5.97 Å². The van der Waals surface area contributed by atoms with Crippen molar-refractivity contribution in [3.63, 3.8) is 0 Å². The van der Waals surface area contributed by atoms with E-state index in [1.807, 2.05) is 0 Å². The minimum Gasteiger partial charge on any atom is -0.493 e. The molecule has 0 spiro atoms. The van der Waals surface area contributed by atoms with E-state index in [1.54, 1.807) is 12.1 Å². The van der Waals surface area contributed by atoms with Gasteiger partial charge in [-0.15, -0.1) is 0 Å². The molecular formula is C14H14O7. The zero-order valence-electron chi connectivity index (χ0n) is 11.7. The van der Waals surface area contributed by atoms with Crippen LogP contribution in [0.15, 0.2) is 28.7 Å². The van der Waals surface area contributed by atoms with E-state index in [0.717, 1.165) is 0 Å². The monoisotopic (exact) mass is 294 g/mol. The predicted octanol–water partition coefficient (Wildman–Crippen LogP) is 2.80. The molecule has 0 bridgehead atoms. The standard InChI is InChI=1S/C14H14O7/c1-17-10-6-8(7-11(18-2)13(10)19-3)20-12-5-4-9(21-12)14(15)16/h4-7H,1-3H3,(H,15,16). The minimum absolute atomic E-state index is 0.0432. The Labute approximate surface area is 120 Å². The Morgan fingerprint density at radius 1 is 1.05 bits per heavy atom. The SMILES string of the molecule is COc1cc(Oc2ccc(C(=O)O)o2)cc(OC)c1OC. The van der Waals surface area contributed by atoms with Gasteiger partial charge in [0, 0.05) is 18.2 Å². The molecular weight excluding hydrogens is 280 g/mol. The quantitative estimate of drug-likeness (QED) is 0.876. The summed E-state index contributed by atoms with van der Waals surface area (Å²) in [5.74, 6) is 0.274. The van der Waals surface area contributed by atoms with Gasteiger partial charge in [-0.05, 0) is 6.07 Å². The second-order valence-electron chi connectivity index (χ2n) is 3.89. The number of furan rings is 1. The Hall–Kier alpha value is -2.83. The lowest BCUT2D eigenvalue weighted by molar-refractivity contribution is 0.0657. The van der Waals surface area contributed by atoms with Crippen LogP contribution >= 0.6 is 0 Å². The Morgan fingerprint density at radius 3 is 2.10 bits per heavy atom. The maximum Gasteiger partial charge on any atom is 0.371 e. The molecule has 112 valence electrons. The van der Waals surface area contributed by atoms with Crippen LogP contribution in [-0.2, 0) is 0 Å². The summed E-state index contributed by atoms with van der Waals surface area (Å²) in [6.45, 7) is 0. The summed E-state index contributed by atoms with van der Waals surface area (Å²) >= 11 is 0. The number of ether oxygens (including phenoxy) is 4. The minimum atomic E-state index is -1.17. The van der Waals surface area contributed by atoms with Crippen LogP contribution in [0.3, 0.4) is 0 Å². The second kappa shape index (κ2) is 6.08. The maximum absolute atomic E-state index is 10.7. The molecule has 0 aliphatic rings. The number of carboxylic acid groups (broad SMARTS) is 1. The molecule has 7 heteroatoms. The lowest BCUT2D eigenvalue weighted by Crippen LogP contribution is -1.96. The third-order valence-corrected chi connectivity index (χ3v) is 2.65. The van der Waals surface area contributed by atoms with Gasteiger partial charge >= 0.3 is 5.97 Å². The molecule has 0 amide bonds. The molecule has 0 unspecified atom stereocenters. The number of carboxylic acids is 1. The van der Waals surface area contributed by atoms with E-state index in [0.29, 0.717) is 23.0 Å². The molecule has 1 N–H and O–H groups in total. The molecule has 1 aromatic heterocycles. The summed E-state index contributed by atoms with van der Waals surface area (Å²) in [7, 11) is 4.46. The molecule has 0 radical (unpaired) electrons. The normalized spacial score (nSPS) is 10.0. The van der Waals surface area contributed by atoms with Gasteiger partial charge < -0.3 is 28.5 Å². The summed E-state index contributed by atoms with van der Waals surface area (Å²) in [6.07, 6.45) is 0. The molecule has 2 rings (SSSR count). The van der Waals surface area contributed by atoms with Crippen LogP contribution in [0.25, 0.3) is 0 Å². The fourth-order valence-electron chi connectivity index (χ4n) is 1.72. The van der Waals surface area contributed by atoms with E-state index >= 15 is 0 Å². The zero-order valence-corrected chi connectivity index (χ0v) is 11.7. The smallest absolute Gasteiger partial charge is 0.371 e. The first-order chi connectivity index (χ1) is 10.1. The summed E-state index contributed by atoms with van der Waals surface area (Å²) in [6, 6.07) is 5.86. The Kier molecular flexibility index (Phi) is 4.22. The van der Waals surface area contributed by atoms with E-state index in [4.69, 9.17) is 28.5 Å². The van der Waals surface area contributed by atoms with E-state index in [9.17, 15) is 4.79 Å². The molecule has 0 saturated heterocycles. The molecule has 1 heterocycles. The van der Waals surface area contributed by atoms with E-state index in [1.165, 1.54) is 33.5 Å². The zero-order chi connectivity index (χ0) is 15.4. The fraction of sp³-hybridized carbons (Fsp3) is 0.214. The van der Waals surface area contributed by atoms with E-state index < -0.39 is 5.97 Å². The van der Waals surface area contributed by atoms with Crippen molar-refractivity contribution in [2.24, 2.45) is 0 Å². The lowest BCUT2D eigenvalue weighted by atomic mass is 10.2. The molecule has 0 atom stereocenters. The number of benzene rings is 1. The highest BCUT2D eigenvalue weighted by Gasteiger charge is 2.16. The number of hydrogen-bond donors (Lipinski definition) is 1. The number of rotatable bonds is 6. The second-order valence-corrected chi connectivity index (χ2v) is 3.89. The number of hydrogen-bond acceptors (Lipinski definition) is 6. The Bertz CT molecular complexity index is 620. The molecule has 0 aliphatic heterocycles. The van der Waals surface area contributed by atoms with Crippen molar-refractivity contribution in [1.82, 2.24) is 0 Å². The largest absolute Gasteiger partial charge is 0.493 e. The molecule has 7 nitrogen and oxygen atoms in total. The van der Waals surface area contributed by atoms with Gasteiger partial charge in [0.15, 0.2) is 11.5 Å². The van der Waals surface area contributed by atoms with E-state index in [2.05, 4.69) is 0 Å². The van der Waals surface area contributed by atoms with Gasteiger partial charge in [-0.1, -0.05) is 0 Å². The van der Waals surface area contributed by atoms with Crippen LogP contribution < -0.4 is 18.9 Å². The van der Waals surface area contributed by atoms with Gasteiger partial charge in [0.1, 0.15) is 5.75 Å². The van der Waals surface area contributed by atoms with Crippen molar-refractivity contribution < 1.29 is 33.3 Å². The highest BCUT2D eigenvalue weighted by molar-refractivity contribution is 5.84. The number of aromatic carboxylic acids is 1. The number of methoxy groups -OCH3 is 3. The fourth-order valence-corrected chi connectivity index (χ4v) is 1.72. The highest BCUT2D eigenvalue weighted by atomic mass is 16.6. The van der Waals surface area contributed by atoms with Gasteiger partial charge in [0.2, 0.25) is 11.5 Å². The van der Waals surface area contributed by atoms with Crippen LogP contribution in [0.1, 0.15) is 10.6 Å². The Morgan fingerprint density at radius 2 is 1.67 bits per heavy atom. The molecule has 1 aromatic carbocycles. The summed E-state index contributed by atoms with van der Waals surface area (Å²) < 4.78 is 26.0. The van der Waals surface area contributed by atoms with Crippen LogP contribution in [-0.4, -0.2) is 32.4 Å². The van der Waals surface area contributed by atoms with Crippen LogP contribution in [0.5, 0.6) is 28.9 Å². The van der Waals surface area contributed by atoms with Crippen LogP contribution in [0.2, 0.25) is 0 Å². The Balaban J connectivity index is 2.32. The summed E-state index contributed by atoms with van der Waals surface area (Å²) in [5, 5.41) is 8.79. The lowest BCUT2D eigenvalue weighted by Gasteiger charge is -2.13. The van der Waals surface area contributed by atoms with Gasteiger partial charge in [-0.3, -0.25) is 0 Å². The first kappa shape index (κ1) is 14.6. The summed E-state index contributed by atoms with van der Waals surface area (Å²) in [4.78, 5) is 10.7. The average molecular weight is 294 g/mol. The van der Waals surface area contributed by atoms with Crippen molar-refractivity contribution in [2.75, 3.05) is 21.3 Å². The van der Waals surface area contributed by atoms with E-state index in [-0.39, 0.29) is 11.7 Å². The first-order valence-corrected chi connectivity index (χ1v) is 5.90. The highest BCUT2D eigenvalue weighted by Crippen LogP contribution is 2.42. The molecule has 0 saturated carbocycles. The van der Waals surface area contributed by atoms with Gasteiger partial charge in [-0.25, -0.2) is 4.79 Å². The van der Waals surface area contributed by atoms with Crippen molar-refractivity contribution in [3.05, 3.63) is 30.0 Å². The first-order valence-electron chi connectivity index (χ1n) is 5.90. The molecule has 0 fully saturated rings. The van der Waals surface area contributed by atoms with Gasteiger partial charge in [0.05, 0.1) is 21.3 Å². The van der Waals surface area contributed by atoms with Crippen molar-refractivity contribution in [2.45, 2.75) is 0 Å². The van der Waals surface area contributed by atoms with Gasteiger partial charge in [-0.2, -0.15) is 0 Å². The topological polar surface area (TPSA) is 87.4 Å². The van der Waals surface area contributed by atoms with Gasteiger partial charge in [0.25, 0.3) is 5.95 Å². The van der Waals surface area contributed by atoms with Crippen molar-refractivity contribution in [1.29, 1.82) is 0 Å². The number of carbonyl (C=O) groups is 1. The third-order valence-electron chi connectivity index (χ3n) is 2.65. The maximum atomic E-state index is 10.7.